The van der Waals surface area contributed by atoms with Gasteiger partial charge in [0.2, 0.25) is 0 Å². The fraction of sp³-hybridized carbons (Fsp3) is 0.833. The number of hydrogen-bond donors (Lipinski definition) is 1. The van der Waals surface area contributed by atoms with E-state index in [-0.39, 0.29) is 16.9 Å². The van der Waals surface area contributed by atoms with Crippen LogP contribution in [-0.4, -0.2) is 50.5 Å². The topological polar surface area (TPSA) is 47.9 Å². The van der Waals surface area contributed by atoms with Crippen LogP contribution < -0.4 is 0 Å². The van der Waals surface area contributed by atoms with Crippen molar-refractivity contribution >= 4 is 8.07 Å². The third-order valence-electron chi connectivity index (χ3n) is 8.77. The second kappa shape index (κ2) is 7.03. The number of fused-ring (bicyclic) bond motifs is 3. The van der Waals surface area contributed by atoms with Gasteiger partial charge in [0.05, 0.1) is 18.3 Å². The normalized spacial score (nSPS) is 42.9. The van der Waals surface area contributed by atoms with Crippen molar-refractivity contribution in [3.8, 4) is 0 Å². The third kappa shape index (κ3) is 3.15. The van der Waals surface area contributed by atoms with Gasteiger partial charge in [0.25, 0.3) is 0 Å². The molecule has 4 nitrogen and oxygen atoms in total. The molecule has 4 rings (SSSR count). The van der Waals surface area contributed by atoms with Crippen LogP contribution in [0, 0.1) is 16.7 Å². The lowest BCUT2D eigenvalue weighted by Gasteiger charge is -2.54. The molecule has 0 amide bonds. The van der Waals surface area contributed by atoms with Crippen molar-refractivity contribution in [3.63, 3.8) is 0 Å². The molecule has 29 heavy (non-hydrogen) atoms. The second-order valence-corrected chi connectivity index (χ2v) is 17.3. The Bertz CT molecular complexity index is 695. The molecule has 1 heterocycles. The van der Waals surface area contributed by atoms with Gasteiger partial charge in [-0.05, 0) is 61.1 Å². The second-order valence-electron chi connectivity index (χ2n) is 11.6. The molecule has 2 saturated carbocycles. The molecule has 0 unspecified atom stereocenters. The maximum Gasteiger partial charge on any atom is 0.148 e. The lowest BCUT2D eigenvalue weighted by Crippen LogP contribution is -2.62. The van der Waals surface area contributed by atoms with Crippen LogP contribution in [-0.2, 0) is 14.2 Å². The minimum Gasteiger partial charge on any atom is -0.385 e. The minimum atomic E-state index is -1.10. The molecule has 1 saturated heterocycles. The molecule has 1 N–H and O–H groups in total. The van der Waals surface area contributed by atoms with Gasteiger partial charge in [-0.3, -0.25) is 0 Å². The molecular formula is C24H40O4Si. The first-order valence-corrected chi connectivity index (χ1v) is 15.1. The smallest absolute Gasteiger partial charge is 0.148 e. The van der Waals surface area contributed by atoms with E-state index in [1.807, 2.05) is 0 Å². The summed E-state index contributed by atoms with van der Waals surface area (Å²) in [5.41, 5.74) is -0.267. The summed E-state index contributed by atoms with van der Waals surface area (Å²) in [6.45, 7) is 17.5. The fourth-order valence-electron chi connectivity index (χ4n) is 6.61. The summed E-state index contributed by atoms with van der Waals surface area (Å²) in [7, 11) is -1.10. The van der Waals surface area contributed by atoms with Gasteiger partial charge in [-0.2, -0.15) is 0 Å². The van der Waals surface area contributed by atoms with Crippen molar-refractivity contribution in [1.29, 1.82) is 0 Å². The molecule has 4 aliphatic rings. The summed E-state index contributed by atoms with van der Waals surface area (Å²) >= 11 is 0. The Morgan fingerprint density at radius 1 is 1.31 bits per heavy atom. The van der Waals surface area contributed by atoms with Gasteiger partial charge in [-0.25, -0.2) is 0 Å². The number of rotatable bonds is 8. The van der Waals surface area contributed by atoms with Gasteiger partial charge in [-0.15, -0.1) is 6.58 Å². The Kier molecular flexibility index (Phi) is 5.27. The number of hydrogen-bond acceptors (Lipinski definition) is 4. The van der Waals surface area contributed by atoms with E-state index in [4.69, 9.17) is 14.2 Å². The molecule has 0 radical (unpaired) electrons. The van der Waals surface area contributed by atoms with Crippen molar-refractivity contribution in [3.05, 3.63) is 24.3 Å². The van der Waals surface area contributed by atoms with Gasteiger partial charge in [-0.1, -0.05) is 39.6 Å². The van der Waals surface area contributed by atoms with E-state index in [2.05, 4.69) is 52.2 Å². The predicted molar refractivity (Wildman–Crippen MR) is 119 cm³/mol. The zero-order valence-electron chi connectivity index (χ0n) is 19.1. The van der Waals surface area contributed by atoms with Gasteiger partial charge < -0.3 is 19.3 Å². The monoisotopic (exact) mass is 420 g/mol. The molecule has 3 fully saturated rings. The van der Waals surface area contributed by atoms with Crippen molar-refractivity contribution < 1.29 is 19.3 Å². The van der Waals surface area contributed by atoms with Crippen LogP contribution in [0.4, 0.5) is 0 Å². The zero-order valence-corrected chi connectivity index (χ0v) is 20.1. The van der Waals surface area contributed by atoms with Crippen LogP contribution in [0.3, 0.4) is 0 Å². The molecule has 1 aliphatic heterocycles. The summed E-state index contributed by atoms with van der Waals surface area (Å²) in [6.07, 6.45) is 9.20. The van der Waals surface area contributed by atoms with Crippen LogP contribution >= 0.6 is 0 Å². The fourth-order valence-corrected chi connectivity index (χ4v) is 7.37. The highest BCUT2D eigenvalue weighted by Crippen LogP contribution is 2.72. The van der Waals surface area contributed by atoms with E-state index in [1.54, 1.807) is 0 Å². The summed E-state index contributed by atoms with van der Waals surface area (Å²) in [5.74, 6) is 0.545. The first kappa shape index (κ1) is 21.8. The Morgan fingerprint density at radius 3 is 2.66 bits per heavy atom. The zero-order chi connectivity index (χ0) is 21.1. The summed E-state index contributed by atoms with van der Waals surface area (Å²) in [5, 5.41) is 12.1. The van der Waals surface area contributed by atoms with Crippen molar-refractivity contribution in [2.24, 2.45) is 16.7 Å². The van der Waals surface area contributed by atoms with E-state index < -0.39 is 19.3 Å². The van der Waals surface area contributed by atoms with Crippen LogP contribution in [0.5, 0.6) is 0 Å². The van der Waals surface area contributed by atoms with Crippen LogP contribution in [0.2, 0.25) is 25.7 Å². The molecule has 0 aromatic heterocycles. The van der Waals surface area contributed by atoms with Crippen LogP contribution in [0.1, 0.15) is 46.0 Å². The quantitative estimate of drug-likeness (QED) is 0.262. The summed E-state index contributed by atoms with van der Waals surface area (Å²) in [6, 6.07) is 1.14. The first-order valence-electron chi connectivity index (χ1n) is 11.4. The average Bonchev–Trinajstić information content (AvgIpc) is 2.96. The standard InChI is InChI=1S/C24H40O4Si/c1-7-23-11-10-18(21(23,2)3)15-24(23,25)19-8-9-20-22(14-19,16-27-20)28-17-26-12-13-29(4,5)6/h7,14,18,20,25H,1,8-13,15-17H2,2-6H3/t18-,20+,22-,23-,24+/m1/s1. The lowest BCUT2D eigenvalue weighted by atomic mass is 9.59. The number of ether oxygens (including phenoxy) is 3. The van der Waals surface area contributed by atoms with Crippen LogP contribution in [0.25, 0.3) is 0 Å². The van der Waals surface area contributed by atoms with Crippen molar-refractivity contribution in [1.82, 2.24) is 0 Å². The maximum absolute atomic E-state index is 12.1. The number of aliphatic hydroxyl groups is 1. The molecule has 3 aliphatic carbocycles. The summed E-state index contributed by atoms with van der Waals surface area (Å²) < 4.78 is 17.9. The van der Waals surface area contributed by atoms with E-state index in [0.29, 0.717) is 19.3 Å². The van der Waals surface area contributed by atoms with E-state index in [9.17, 15) is 5.11 Å². The van der Waals surface area contributed by atoms with Gasteiger partial charge in [0.15, 0.2) is 0 Å². The highest BCUT2D eigenvalue weighted by molar-refractivity contribution is 6.76. The Hall–Kier alpha value is -0.463. The molecule has 164 valence electrons. The van der Waals surface area contributed by atoms with Gasteiger partial charge >= 0.3 is 0 Å². The first-order chi connectivity index (χ1) is 13.5. The van der Waals surface area contributed by atoms with Gasteiger partial charge in [0, 0.05) is 20.1 Å². The van der Waals surface area contributed by atoms with Crippen molar-refractivity contribution in [2.75, 3.05) is 20.0 Å². The molecule has 0 aromatic rings. The van der Waals surface area contributed by atoms with E-state index >= 15 is 0 Å². The SMILES string of the molecule is C=C[C@]12CC[C@H](C[C@]1(O)C1=C[C@@]3(OCOCC[Si](C)(C)C)CO[C@H]3CC1)C2(C)C. The Balaban J connectivity index is 1.51. The van der Waals surface area contributed by atoms with Gasteiger partial charge in [0.1, 0.15) is 12.4 Å². The predicted octanol–water partition coefficient (Wildman–Crippen LogP) is 4.92. The third-order valence-corrected chi connectivity index (χ3v) is 10.5. The molecule has 0 spiro atoms. The molecule has 2 bridgehead atoms. The lowest BCUT2D eigenvalue weighted by molar-refractivity contribution is -0.269. The van der Waals surface area contributed by atoms with E-state index in [1.165, 1.54) is 6.42 Å². The highest BCUT2D eigenvalue weighted by atomic mass is 28.3. The highest BCUT2D eigenvalue weighted by Gasteiger charge is 2.71. The van der Waals surface area contributed by atoms with E-state index in [0.717, 1.165) is 43.9 Å². The Morgan fingerprint density at radius 2 is 2.07 bits per heavy atom. The van der Waals surface area contributed by atoms with Crippen molar-refractivity contribution in [2.45, 2.75) is 88.9 Å². The maximum atomic E-state index is 12.1. The molecule has 5 heteroatoms. The molecule has 0 aromatic carbocycles. The largest absolute Gasteiger partial charge is 0.385 e. The molecular weight excluding hydrogens is 380 g/mol. The molecule has 5 atom stereocenters. The average molecular weight is 421 g/mol. The summed E-state index contributed by atoms with van der Waals surface area (Å²) in [4.78, 5) is 0. The minimum absolute atomic E-state index is 0.0747. The van der Waals surface area contributed by atoms with Crippen LogP contribution in [0.15, 0.2) is 24.3 Å². The Labute approximate surface area is 177 Å².